The minimum atomic E-state index is -3.17. The topological polar surface area (TPSA) is 66.5 Å². The second-order valence-electron chi connectivity index (χ2n) is 4.91. The summed E-state index contributed by atoms with van der Waals surface area (Å²) in [5.41, 5.74) is 0. The molecule has 0 radical (unpaired) electrons. The molecule has 1 aliphatic rings. The quantitative estimate of drug-likeness (QED) is 0.641. The lowest BCUT2D eigenvalue weighted by molar-refractivity contribution is -0.121. The first-order chi connectivity index (χ1) is 8.45. The number of hydrogen-bond acceptors (Lipinski definition) is 3. The molecule has 1 fully saturated rings. The molecule has 0 aromatic carbocycles. The number of carbonyl (C=O) groups is 1. The van der Waals surface area contributed by atoms with Crippen molar-refractivity contribution >= 4 is 15.9 Å². The van der Waals surface area contributed by atoms with E-state index in [1.807, 2.05) is 0 Å². The highest BCUT2D eigenvalue weighted by molar-refractivity contribution is 7.88. The van der Waals surface area contributed by atoms with Crippen molar-refractivity contribution in [2.24, 2.45) is 0 Å². The molecule has 0 aromatic heterocycles. The first-order valence-corrected chi connectivity index (χ1v) is 8.53. The Morgan fingerprint density at radius 1 is 1.33 bits per heavy atom. The molecule has 1 N–H and O–H groups in total. The molecule has 0 saturated heterocycles. The van der Waals surface area contributed by atoms with Crippen molar-refractivity contribution in [1.82, 2.24) is 9.62 Å². The van der Waals surface area contributed by atoms with E-state index in [9.17, 15) is 13.2 Å². The second-order valence-corrected chi connectivity index (χ2v) is 6.85. The largest absolute Gasteiger partial charge is 0.356 e. The lowest BCUT2D eigenvalue weighted by Crippen LogP contribution is -2.36. The maximum absolute atomic E-state index is 11.5. The van der Waals surface area contributed by atoms with Crippen molar-refractivity contribution in [3.63, 3.8) is 0 Å². The van der Waals surface area contributed by atoms with Crippen LogP contribution in [0.2, 0.25) is 0 Å². The molecule has 0 aliphatic heterocycles. The monoisotopic (exact) mass is 276 g/mol. The van der Waals surface area contributed by atoms with Gasteiger partial charge in [0.25, 0.3) is 0 Å². The standard InChI is InChI=1S/C12H24N2O3S/c1-3-4-5-9-13-12(15)8-10-14(11-6-7-11)18(2,16)17/h11H,3-10H2,1-2H3,(H,13,15). The molecule has 0 bridgehead atoms. The van der Waals surface area contributed by atoms with E-state index in [1.165, 1.54) is 10.6 Å². The van der Waals surface area contributed by atoms with Crippen LogP contribution >= 0.6 is 0 Å². The molecule has 1 rings (SSSR count). The van der Waals surface area contributed by atoms with Gasteiger partial charge in [0.1, 0.15) is 0 Å². The van der Waals surface area contributed by atoms with Crippen molar-refractivity contribution in [3.05, 3.63) is 0 Å². The molecule has 18 heavy (non-hydrogen) atoms. The van der Waals surface area contributed by atoms with Crippen LogP contribution in [0.3, 0.4) is 0 Å². The number of sulfonamides is 1. The number of amides is 1. The van der Waals surface area contributed by atoms with Gasteiger partial charge in [-0.3, -0.25) is 4.79 Å². The third kappa shape index (κ3) is 5.82. The highest BCUT2D eigenvalue weighted by atomic mass is 32.2. The molecule has 1 aliphatic carbocycles. The van der Waals surface area contributed by atoms with Gasteiger partial charge in [-0.15, -0.1) is 0 Å². The van der Waals surface area contributed by atoms with Gasteiger partial charge >= 0.3 is 0 Å². The van der Waals surface area contributed by atoms with Crippen LogP contribution in [-0.2, 0) is 14.8 Å². The van der Waals surface area contributed by atoms with Crippen LogP contribution in [-0.4, -0.2) is 44.0 Å². The molecule has 1 amide bonds. The fourth-order valence-corrected chi connectivity index (χ4v) is 3.06. The normalized spacial score (nSPS) is 15.9. The molecule has 0 heterocycles. The third-order valence-corrected chi connectivity index (χ3v) is 4.37. The Bertz CT molecular complexity index is 364. The number of carbonyl (C=O) groups excluding carboxylic acids is 1. The zero-order valence-corrected chi connectivity index (χ0v) is 12.1. The molecule has 6 heteroatoms. The summed E-state index contributed by atoms with van der Waals surface area (Å²) in [6.45, 7) is 3.11. The van der Waals surface area contributed by atoms with Crippen molar-refractivity contribution in [2.75, 3.05) is 19.3 Å². The zero-order valence-electron chi connectivity index (χ0n) is 11.3. The zero-order chi connectivity index (χ0) is 13.6. The second kappa shape index (κ2) is 7.09. The Kier molecular flexibility index (Phi) is 6.08. The van der Waals surface area contributed by atoms with Gasteiger partial charge in [-0.2, -0.15) is 4.31 Å². The van der Waals surface area contributed by atoms with Gasteiger partial charge < -0.3 is 5.32 Å². The fraction of sp³-hybridized carbons (Fsp3) is 0.917. The van der Waals surface area contributed by atoms with Gasteiger partial charge in [0.2, 0.25) is 15.9 Å². The summed E-state index contributed by atoms with van der Waals surface area (Å²) >= 11 is 0. The van der Waals surface area contributed by atoms with Gasteiger partial charge in [0, 0.05) is 25.6 Å². The Morgan fingerprint density at radius 3 is 2.50 bits per heavy atom. The van der Waals surface area contributed by atoms with Crippen LogP contribution < -0.4 is 5.32 Å². The maximum atomic E-state index is 11.5. The van der Waals surface area contributed by atoms with Gasteiger partial charge in [-0.05, 0) is 19.3 Å². The summed E-state index contributed by atoms with van der Waals surface area (Å²) < 4.78 is 24.5. The summed E-state index contributed by atoms with van der Waals surface area (Å²) in [4.78, 5) is 11.5. The number of nitrogens with one attached hydrogen (secondary N) is 1. The van der Waals surface area contributed by atoms with Crippen LogP contribution in [0, 0.1) is 0 Å². The van der Waals surface area contributed by atoms with E-state index < -0.39 is 10.0 Å². The Balaban J connectivity index is 2.23. The van der Waals surface area contributed by atoms with Gasteiger partial charge in [-0.25, -0.2) is 8.42 Å². The molecule has 106 valence electrons. The predicted molar refractivity (Wildman–Crippen MR) is 71.7 cm³/mol. The van der Waals surface area contributed by atoms with E-state index in [1.54, 1.807) is 0 Å². The van der Waals surface area contributed by atoms with Crippen LogP contribution in [0.5, 0.6) is 0 Å². The molecular formula is C12H24N2O3S. The minimum absolute atomic E-state index is 0.0552. The van der Waals surface area contributed by atoms with E-state index in [2.05, 4.69) is 12.2 Å². The van der Waals surface area contributed by atoms with E-state index >= 15 is 0 Å². The molecule has 0 spiro atoms. The molecule has 1 saturated carbocycles. The molecule has 0 atom stereocenters. The van der Waals surface area contributed by atoms with Crippen molar-refractivity contribution in [2.45, 2.75) is 51.5 Å². The van der Waals surface area contributed by atoms with Crippen molar-refractivity contribution in [1.29, 1.82) is 0 Å². The van der Waals surface area contributed by atoms with E-state index in [-0.39, 0.29) is 18.4 Å². The summed E-state index contributed by atoms with van der Waals surface area (Å²) in [5, 5.41) is 2.82. The van der Waals surface area contributed by atoms with Crippen LogP contribution in [0.4, 0.5) is 0 Å². The Morgan fingerprint density at radius 2 is 2.00 bits per heavy atom. The minimum Gasteiger partial charge on any atom is -0.356 e. The van der Waals surface area contributed by atoms with Gasteiger partial charge in [0.05, 0.1) is 6.26 Å². The number of unbranched alkanes of at least 4 members (excludes halogenated alkanes) is 2. The van der Waals surface area contributed by atoms with Crippen molar-refractivity contribution < 1.29 is 13.2 Å². The van der Waals surface area contributed by atoms with E-state index in [0.29, 0.717) is 13.1 Å². The lowest BCUT2D eigenvalue weighted by atomic mass is 10.2. The Labute approximate surface area is 110 Å². The van der Waals surface area contributed by atoms with Crippen LogP contribution in [0.25, 0.3) is 0 Å². The molecule has 0 unspecified atom stereocenters. The first-order valence-electron chi connectivity index (χ1n) is 6.68. The molecule has 0 aromatic rings. The summed E-state index contributed by atoms with van der Waals surface area (Å²) in [6.07, 6.45) is 6.54. The van der Waals surface area contributed by atoms with E-state index in [0.717, 1.165) is 32.1 Å². The average Bonchev–Trinajstić information content (AvgIpc) is 3.07. The average molecular weight is 276 g/mol. The smallest absolute Gasteiger partial charge is 0.221 e. The van der Waals surface area contributed by atoms with Gasteiger partial charge in [-0.1, -0.05) is 19.8 Å². The number of hydrogen-bond donors (Lipinski definition) is 1. The summed E-state index contributed by atoms with van der Waals surface area (Å²) in [6, 6.07) is 0.132. The molecule has 5 nitrogen and oxygen atoms in total. The van der Waals surface area contributed by atoms with Crippen LogP contribution in [0.1, 0.15) is 45.4 Å². The SMILES string of the molecule is CCCCCNC(=O)CCN(C1CC1)S(C)(=O)=O. The summed E-state index contributed by atoms with van der Waals surface area (Å²) in [5.74, 6) is -0.0552. The summed E-state index contributed by atoms with van der Waals surface area (Å²) in [7, 11) is -3.17. The lowest BCUT2D eigenvalue weighted by Gasteiger charge is -2.18. The Hall–Kier alpha value is -0.620. The first kappa shape index (κ1) is 15.4. The number of nitrogens with zero attached hydrogens (tertiary/aromatic N) is 1. The highest BCUT2D eigenvalue weighted by Crippen LogP contribution is 2.28. The van der Waals surface area contributed by atoms with Gasteiger partial charge in [0.15, 0.2) is 0 Å². The predicted octanol–water partition coefficient (Wildman–Crippen LogP) is 1.11. The maximum Gasteiger partial charge on any atom is 0.221 e. The third-order valence-electron chi connectivity index (χ3n) is 3.04. The molecular weight excluding hydrogens is 252 g/mol. The highest BCUT2D eigenvalue weighted by Gasteiger charge is 2.34. The van der Waals surface area contributed by atoms with Crippen molar-refractivity contribution in [3.8, 4) is 0 Å². The number of rotatable bonds is 9. The fourth-order valence-electron chi connectivity index (χ4n) is 1.88. The van der Waals surface area contributed by atoms with E-state index in [4.69, 9.17) is 0 Å². The van der Waals surface area contributed by atoms with Crippen LogP contribution in [0.15, 0.2) is 0 Å².